The van der Waals surface area contributed by atoms with Crippen molar-refractivity contribution in [3.8, 4) is 0 Å². The Morgan fingerprint density at radius 3 is 2.60 bits per heavy atom. The van der Waals surface area contributed by atoms with E-state index < -0.39 is 0 Å². The standard InChI is InChI=1S/C17H22N6O2/c1-6-25-23-11(4)10(3)13-8-15(21-22-16(13)17(23)24)20-14-7-9(2)18-12(5)19-14/h7-8,10-11H,6H2,1-5H3,(H,18,19,20,21). The number of carbonyl (C=O) groups excluding carboxylic acids is 1. The number of hydrogen-bond donors (Lipinski definition) is 1. The van der Waals surface area contributed by atoms with Crippen molar-refractivity contribution in [1.29, 1.82) is 0 Å². The van der Waals surface area contributed by atoms with Gasteiger partial charge in [0.05, 0.1) is 12.6 Å². The molecule has 1 N–H and O–H groups in total. The molecule has 0 fully saturated rings. The minimum absolute atomic E-state index is 0.0733. The summed E-state index contributed by atoms with van der Waals surface area (Å²) < 4.78 is 0. The van der Waals surface area contributed by atoms with Gasteiger partial charge < -0.3 is 5.32 Å². The van der Waals surface area contributed by atoms with Crippen LogP contribution in [0.2, 0.25) is 0 Å². The van der Waals surface area contributed by atoms with Gasteiger partial charge in [-0.1, -0.05) is 6.92 Å². The lowest BCUT2D eigenvalue weighted by Gasteiger charge is -2.36. The average molecular weight is 342 g/mol. The molecule has 3 rings (SSSR count). The van der Waals surface area contributed by atoms with E-state index in [1.165, 1.54) is 5.06 Å². The molecule has 0 radical (unpaired) electrons. The minimum atomic E-state index is -0.254. The van der Waals surface area contributed by atoms with Crippen LogP contribution in [0, 0.1) is 13.8 Å². The number of nitrogens with zero attached hydrogens (tertiary/aromatic N) is 5. The molecule has 0 bridgehead atoms. The third-order valence-corrected chi connectivity index (χ3v) is 4.30. The molecular formula is C17H22N6O2. The number of nitrogens with one attached hydrogen (secondary N) is 1. The molecule has 0 spiro atoms. The molecule has 132 valence electrons. The maximum atomic E-state index is 12.6. The molecule has 0 saturated heterocycles. The average Bonchev–Trinajstić information content (AvgIpc) is 2.56. The van der Waals surface area contributed by atoms with E-state index in [0.29, 0.717) is 29.8 Å². The van der Waals surface area contributed by atoms with E-state index in [4.69, 9.17) is 4.84 Å². The highest BCUT2D eigenvalue weighted by molar-refractivity contribution is 5.94. The molecule has 0 aromatic carbocycles. The summed E-state index contributed by atoms with van der Waals surface area (Å²) >= 11 is 0. The van der Waals surface area contributed by atoms with Gasteiger partial charge in [-0.2, -0.15) is 0 Å². The Kier molecular flexibility index (Phi) is 4.63. The van der Waals surface area contributed by atoms with Gasteiger partial charge in [0.2, 0.25) is 0 Å². The van der Waals surface area contributed by atoms with Crippen LogP contribution in [0.1, 0.15) is 54.3 Å². The van der Waals surface area contributed by atoms with E-state index in [-0.39, 0.29) is 17.9 Å². The predicted octanol–water partition coefficient (Wildman–Crippen LogP) is 2.53. The molecule has 8 heteroatoms. The lowest BCUT2D eigenvalue weighted by atomic mass is 9.89. The second-order valence-corrected chi connectivity index (χ2v) is 6.18. The quantitative estimate of drug-likeness (QED) is 0.912. The summed E-state index contributed by atoms with van der Waals surface area (Å²) in [5.74, 6) is 1.70. The Bertz CT molecular complexity index is 789. The van der Waals surface area contributed by atoms with Gasteiger partial charge in [0.15, 0.2) is 11.5 Å². The Balaban J connectivity index is 1.93. The normalized spacial score (nSPS) is 19.7. The molecule has 1 aliphatic rings. The summed E-state index contributed by atoms with van der Waals surface area (Å²) in [6.45, 7) is 10.0. The van der Waals surface area contributed by atoms with Crippen LogP contribution >= 0.6 is 0 Å². The van der Waals surface area contributed by atoms with Crippen molar-refractivity contribution >= 4 is 17.5 Å². The van der Waals surface area contributed by atoms with Gasteiger partial charge in [0, 0.05) is 17.7 Å². The maximum absolute atomic E-state index is 12.6. The smallest absolute Gasteiger partial charge is 0.298 e. The van der Waals surface area contributed by atoms with Gasteiger partial charge in [-0.05, 0) is 39.3 Å². The van der Waals surface area contributed by atoms with Crippen LogP contribution in [0.4, 0.5) is 11.6 Å². The number of rotatable bonds is 4. The Morgan fingerprint density at radius 1 is 1.16 bits per heavy atom. The van der Waals surface area contributed by atoms with Gasteiger partial charge in [-0.25, -0.2) is 15.0 Å². The van der Waals surface area contributed by atoms with Crippen LogP contribution in [-0.2, 0) is 4.84 Å². The number of aryl methyl sites for hydroxylation is 2. The fraction of sp³-hybridized carbons (Fsp3) is 0.471. The van der Waals surface area contributed by atoms with Crippen molar-refractivity contribution in [3.63, 3.8) is 0 Å². The maximum Gasteiger partial charge on any atom is 0.298 e. The number of anilines is 2. The minimum Gasteiger partial charge on any atom is -0.323 e. The Morgan fingerprint density at radius 2 is 1.92 bits per heavy atom. The van der Waals surface area contributed by atoms with Crippen LogP contribution in [0.5, 0.6) is 0 Å². The molecule has 1 amide bonds. The molecule has 0 saturated carbocycles. The Hall–Kier alpha value is -2.61. The molecule has 8 nitrogen and oxygen atoms in total. The van der Waals surface area contributed by atoms with E-state index in [0.717, 1.165) is 11.3 Å². The third kappa shape index (κ3) is 3.30. The number of carbonyl (C=O) groups is 1. The number of hydrogen-bond acceptors (Lipinski definition) is 7. The zero-order valence-electron chi connectivity index (χ0n) is 15.1. The summed E-state index contributed by atoms with van der Waals surface area (Å²) in [4.78, 5) is 26.6. The van der Waals surface area contributed by atoms with Gasteiger partial charge in [0.25, 0.3) is 5.91 Å². The van der Waals surface area contributed by atoms with E-state index in [9.17, 15) is 4.79 Å². The summed E-state index contributed by atoms with van der Waals surface area (Å²) in [6, 6.07) is 3.61. The van der Waals surface area contributed by atoms with E-state index in [2.05, 4.69) is 25.5 Å². The molecule has 2 unspecified atom stereocenters. The van der Waals surface area contributed by atoms with Crippen molar-refractivity contribution in [1.82, 2.24) is 25.2 Å². The fourth-order valence-electron chi connectivity index (χ4n) is 2.96. The highest BCUT2D eigenvalue weighted by Gasteiger charge is 2.37. The molecule has 25 heavy (non-hydrogen) atoms. The van der Waals surface area contributed by atoms with Crippen molar-refractivity contribution in [2.45, 2.75) is 46.6 Å². The highest BCUT2D eigenvalue weighted by Crippen LogP contribution is 2.33. The van der Waals surface area contributed by atoms with Crippen LogP contribution in [0.3, 0.4) is 0 Å². The molecule has 2 aromatic heterocycles. The third-order valence-electron chi connectivity index (χ3n) is 4.30. The van der Waals surface area contributed by atoms with Gasteiger partial charge in [0.1, 0.15) is 11.6 Å². The van der Waals surface area contributed by atoms with Crippen LogP contribution in [0.15, 0.2) is 12.1 Å². The lowest BCUT2D eigenvalue weighted by molar-refractivity contribution is -0.148. The first-order chi connectivity index (χ1) is 11.9. The lowest BCUT2D eigenvalue weighted by Crippen LogP contribution is -2.46. The zero-order valence-corrected chi connectivity index (χ0v) is 15.1. The predicted molar refractivity (Wildman–Crippen MR) is 92.5 cm³/mol. The van der Waals surface area contributed by atoms with Crippen molar-refractivity contribution in [2.75, 3.05) is 11.9 Å². The number of aromatic nitrogens is 4. The first kappa shape index (κ1) is 17.2. The van der Waals surface area contributed by atoms with Crippen LogP contribution in [-0.4, -0.2) is 43.8 Å². The summed E-state index contributed by atoms with van der Waals surface area (Å²) in [6.07, 6.45) is 0. The van der Waals surface area contributed by atoms with Crippen LogP contribution in [0.25, 0.3) is 0 Å². The highest BCUT2D eigenvalue weighted by atomic mass is 16.7. The first-order valence-electron chi connectivity index (χ1n) is 8.34. The van der Waals surface area contributed by atoms with Gasteiger partial charge >= 0.3 is 0 Å². The van der Waals surface area contributed by atoms with E-state index in [1.54, 1.807) is 0 Å². The van der Waals surface area contributed by atoms with Crippen molar-refractivity contribution < 1.29 is 9.63 Å². The first-order valence-corrected chi connectivity index (χ1v) is 8.34. The number of hydroxylamine groups is 2. The largest absolute Gasteiger partial charge is 0.323 e. The monoisotopic (exact) mass is 342 g/mol. The second-order valence-electron chi connectivity index (χ2n) is 6.18. The van der Waals surface area contributed by atoms with E-state index >= 15 is 0 Å². The van der Waals surface area contributed by atoms with Gasteiger partial charge in [-0.15, -0.1) is 10.2 Å². The second kappa shape index (κ2) is 6.72. The number of amides is 1. The SMILES string of the molecule is CCON1C(=O)c2nnc(Nc3cc(C)nc(C)n3)cc2C(C)C1C. The Labute approximate surface area is 146 Å². The number of fused-ring (bicyclic) bond motifs is 1. The molecule has 2 aromatic rings. The van der Waals surface area contributed by atoms with Gasteiger partial charge in [-0.3, -0.25) is 9.63 Å². The van der Waals surface area contributed by atoms with Crippen molar-refractivity contribution in [2.24, 2.45) is 0 Å². The molecule has 2 atom stereocenters. The topological polar surface area (TPSA) is 93.1 Å². The fourth-order valence-corrected chi connectivity index (χ4v) is 2.96. The molecule has 1 aliphatic heterocycles. The summed E-state index contributed by atoms with van der Waals surface area (Å²) in [7, 11) is 0. The molecule has 3 heterocycles. The van der Waals surface area contributed by atoms with E-state index in [1.807, 2.05) is 46.8 Å². The van der Waals surface area contributed by atoms with Crippen LogP contribution < -0.4 is 5.32 Å². The summed E-state index contributed by atoms with van der Waals surface area (Å²) in [5.41, 5.74) is 2.05. The zero-order chi connectivity index (χ0) is 18.1. The molecular weight excluding hydrogens is 320 g/mol. The van der Waals surface area contributed by atoms with Crippen molar-refractivity contribution in [3.05, 3.63) is 34.9 Å². The molecule has 0 aliphatic carbocycles. The summed E-state index contributed by atoms with van der Waals surface area (Å²) in [5, 5.41) is 12.8.